The van der Waals surface area contributed by atoms with Gasteiger partial charge in [0.1, 0.15) is 17.3 Å². The molecule has 0 amide bonds. The summed E-state index contributed by atoms with van der Waals surface area (Å²) in [5.74, 6) is 2.65. The Morgan fingerprint density at radius 2 is 1.84 bits per heavy atom. The molecule has 1 saturated carbocycles. The lowest BCUT2D eigenvalue weighted by Gasteiger charge is -2.28. The summed E-state index contributed by atoms with van der Waals surface area (Å²) in [5.41, 5.74) is 1.03. The molecule has 19 heavy (non-hydrogen) atoms. The zero-order chi connectivity index (χ0) is 13.7. The van der Waals surface area contributed by atoms with Gasteiger partial charge in [0.15, 0.2) is 0 Å². The van der Waals surface area contributed by atoms with Gasteiger partial charge in [0.2, 0.25) is 0 Å². The molecular formula is C15H24ClN3. The van der Waals surface area contributed by atoms with E-state index in [0.717, 1.165) is 36.2 Å². The van der Waals surface area contributed by atoms with E-state index >= 15 is 0 Å². The summed E-state index contributed by atoms with van der Waals surface area (Å²) in [7, 11) is 0. The van der Waals surface area contributed by atoms with Crippen LogP contribution in [0, 0.1) is 11.8 Å². The zero-order valence-corrected chi connectivity index (χ0v) is 12.7. The van der Waals surface area contributed by atoms with Gasteiger partial charge in [0.05, 0.1) is 0 Å². The van der Waals surface area contributed by atoms with Crippen LogP contribution in [-0.4, -0.2) is 16.5 Å². The van der Waals surface area contributed by atoms with Crippen molar-refractivity contribution < 1.29 is 0 Å². The fraction of sp³-hybridized carbons (Fsp3) is 0.733. The quantitative estimate of drug-likeness (QED) is 0.817. The van der Waals surface area contributed by atoms with E-state index in [-0.39, 0.29) is 0 Å². The van der Waals surface area contributed by atoms with Gasteiger partial charge in [-0.3, -0.25) is 0 Å². The molecule has 4 heteroatoms. The van der Waals surface area contributed by atoms with Crippen LogP contribution in [0.3, 0.4) is 0 Å². The first kappa shape index (κ1) is 14.6. The standard InChI is InChI=1S/C15H24ClN3/c1-3-11-5-7-12(8-6-11)9-17-15-13(4-2)14(16)18-10-19-15/h10-12H,3-9H2,1-2H3,(H,17,18,19). The molecule has 1 heterocycles. The monoisotopic (exact) mass is 281 g/mol. The average Bonchev–Trinajstić information content (AvgIpc) is 2.45. The summed E-state index contributed by atoms with van der Waals surface area (Å²) < 4.78 is 0. The van der Waals surface area contributed by atoms with Crippen molar-refractivity contribution in [1.29, 1.82) is 0 Å². The molecule has 0 spiro atoms. The molecule has 3 nitrogen and oxygen atoms in total. The van der Waals surface area contributed by atoms with Crippen molar-refractivity contribution in [1.82, 2.24) is 9.97 Å². The maximum atomic E-state index is 6.10. The SMILES string of the molecule is CCc1c(Cl)ncnc1NCC1CCC(CC)CC1. The maximum Gasteiger partial charge on any atom is 0.137 e. The minimum absolute atomic E-state index is 0.578. The van der Waals surface area contributed by atoms with Gasteiger partial charge >= 0.3 is 0 Å². The van der Waals surface area contributed by atoms with Crippen LogP contribution < -0.4 is 5.32 Å². The largest absolute Gasteiger partial charge is 0.369 e. The number of nitrogens with one attached hydrogen (secondary N) is 1. The molecule has 1 fully saturated rings. The Hall–Kier alpha value is -0.830. The molecule has 0 unspecified atom stereocenters. The van der Waals surface area contributed by atoms with Crippen molar-refractivity contribution >= 4 is 17.4 Å². The van der Waals surface area contributed by atoms with Gasteiger partial charge in [-0.15, -0.1) is 0 Å². The number of nitrogens with zero attached hydrogens (tertiary/aromatic N) is 2. The Bertz CT molecular complexity index is 400. The lowest BCUT2D eigenvalue weighted by Crippen LogP contribution is -2.21. The highest BCUT2D eigenvalue weighted by Gasteiger charge is 2.20. The van der Waals surface area contributed by atoms with Gasteiger partial charge in [-0.2, -0.15) is 0 Å². The average molecular weight is 282 g/mol. The zero-order valence-electron chi connectivity index (χ0n) is 12.0. The van der Waals surface area contributed by atoms with Crippen LogP contribution in [0.4, 0.5) is 5.82 Å². The first-order valence-electron chi connectivity index (χ1n) is 7.47. The van der Waals surface area contributed by atoms with Crippen LogP contribution in [0.2, 0.25) is 5.15 Å². The fourth-order valence-corrected chi connectivity index (χ4v) is 3.21. The van der Waals surface area contributed by atoms with Crippen molar-refractivity contribution in [2.45, 2.75) is 52.4 Å². The van der Waals surface area contributed by atoms with Gasteiger partial charge < -0.3 is 5.32 Å². The Morgan fingerprint density at radius 3 is 2.47 bits per heavy atom. The molecule has 1 aliphatic rings. The number of hydrogen-bond donors (Lipinski definition) is 1. The lowest BCUT2D eigenvalue weighted by atomic mass is 9.81. The topological polar surface area (TPSA) is 37.8 Å². The van der Waals surface area contributed by atoms with E-state index in [0.29, 0.717) is 5.15 Å². The predicted octanol–water partition coefficient (Wildman–Crippen LogP) is 4.32. The Morgan fingerprint density at radius 1 is 1.16 bits per heavy atom. The van der Waals surface area contributed by atoms with Crippen molar-refractivity contribution in [2.24, 2.45) is 11.8 Å². The van der Waals surface area contributed by atoms with E-state index in [1.54, 1.807) is 0 Å². The van der Waals surface area contributed by atoms with Crippen molar-refractivity contribution in [3.8, 4) is 0 Å². The van der Waals surface area contributed by atoms with E-state index in [4.69, 9.17) is 11.6 Å². The number of rotatable bonds is 5. The molecule has 0 aromatic carbocycles. The van der Waals surface area contributed by atoms with Gasteiger partial charge in [-0.25, -0.2) is 9.97 Å². The molecule has 0 aliphatic heterocycles. The Labute approximate surface area is 121 Å². The number of anilines is 1. The van der Waals surface area contributed by atoms with Crippen LogP contribution in [0.15, 0.2) is 6.33 Å². The summed E-state index contributed by atoms with van der Waals surface area (Å²) in [6.45, 7) is 5.40. The number of aromatic nitrogens is 2. The molecule has 0 bridgehead atoms. The van der Waals surface area contributed by atoms with Crippen molar-refractivity contribution in [3.05, 3.63) is 17.0 Å². The number of hydrogen-bond acceptors (Lipinski definition) is 3. The summed E-state index contributed by atoms with van der Waals surface area (Å²) in [5, 5.41) is 4.05. The third-order valence-electron chi connectivity index (χ3n) is 4.35. The molecular weight excluding hydrogens is 258 g/mol. The van der Waals surface area contributed by atoms with Crippen LogP contribution in [-0.2, 0) is 6.42 Å². The van der Waals surface area contributed by atoms with Crippen LogP contribution >= 0.6 is 11.6 Å². The molecule has 0 saturated heterocycles. The van der Waals surface area contributed by atoms with E-state index < -0.39 is 0 Å². The minimum atomic E-state index is 0.578. The molecule has 106 valence electrons. The first-order chi connectivity index (χ1) is 9.24. The first-order valence-corrected chi connectivity index (χ1v) is 7.85. The second-order valence-corrected chi connectivity index (χ2v) is 5.88. The normalized spacial score (nSPS) is 23.3. The smallest absolute Gasteiger partial charge is 0.137 e. The molecule has 0 atom stereocenters. The second-order valence-electron chi connectivity index (χ2n) is 5.52. The summed E-state index contributed by atoms with van der Waals surface area (Å²) in [4.78, 5) is 8.36. The maximum absolute atomic E-state index is 6.10. The fourth-order valence-electron chi connectivity index (χ4n) is 2.94. The van der Waals surface area contributed by atoms with E-state index in [2.05, 4.69) is 29.1 Å². The molecule has 0 radical (unpaired) electrons. The van der Waals surface area contributed by atoms with E-state index in [1.807, 2.05) is 0 Å². The highest BCUT2D eigenvalue weighted by Crippen LogP contribution is 2.31. The number of halogens is 1. The third-order valence-corrected chi connectivity index (χ3v) is 4.67. The molecule has 1 aromatic heterocycles. The van der Waals surface area contributed by atoms with E-state index in [9.17, 15) is 0 Å². The van der Waals surface area contributed by atoms with Gasteiger partial charge in [0, 0.05) is 12.1 Å². The molecule has 1 aliphatic carbocycles. The molecule has 2 rings (SSSR count). The van der Waals surface area contributed by atoms with Crippen molar-refractivity contribution in [3.63, 3.8) is 0 Å². The lowest BCUT2D eigenvalue weighted by molar-refractivity contribution is 0.278. The highest BCUT2D eigenvalue weighted by atomic mass is 35.5. The summed E-state index contributed by atoms with van der Waals surface area (Å²) in [6.07, 6.45) is 9.18. The Kier molecular flexibility index (Phi) is 5.44. The minimum Gasteiger partial charge on any atom is -0.369 e. The van der Waals surface area contributed by atoms with Gasteiger partial charge in [-0.1, -0.05) is 44.7 Å². The second kappa shape index (κ2) is 7.09. The van der Waals surface area contributed by atoms with Crippen LogP contribution in [0.5, 0.6) is 0 Å². The summed E-state index contributed by atoms with van der Waals surface area (Å²) in [6, 6.07) is 0. The third kappa shape index (κ3) is 3.82. The molecule has 1 aromatic rings. The predicted molar refractivity (Wildman–Crippen MR) is 80.6 cm³/mol. The molecule has 1 N–H and O–H groups in total. The summed E-state index contributed by atoms with van der Waals surface area (Å²) >= 11 is 6.10. The van der Waals surface area contributed by atoms with Crippen LogP contribution in [0.1, 0.15) is 51.5 Å². The van der Waals surface area contributed by atoms with Gasteiger partial charge in [-0.05, 0) is 31.1 Å². The Balaban J connectivity index is 1.88. The van der Waals surface area contributed by atoms with Gasteiger partial charge in [0.25, 0.3) is 0 Å². The van der Waals surface area contributed by atoms with E-state index in [1.165, 1.54) is 38.4 Å². The highest BCUT2D eigenvalue weighted by molar-refractivity contribution is 6.30. The van der Waals surface area contributed by atoms with Crippen LogP contribution in [0.25, 0.3) is 0 Å². The van der Waals surface area contributed by atoms with Crippen molar-refractivity contribution in [2.75, 3.05) is 11.9 Å².